The highest BCUT2D eigenvalue weighted by atomic mass is 35.5. The minimum atomic E-state index is -0.328. The second kappa shape index (κ2) is 5.50. The molecule has 2 aromatic rings. The number of methoxy groups -OCH3 is 1. The Bertz CT molecular complexity index is 542. The van der Waals surface area contributed by atoms with E-state index in [1.165, 1.54) is 6.20 Å². The van der Waals surface area contributed by atoms with Crippen molar-refractivity contribution in [2.24, 2.45) is 0 Å². The second-order valence-electron chi connectivity index (χ2n) is 3.46. The van der Waals surface area contributed by atoms with E-state index in [-0.39, 0.29) is 18.1 Å². The zero-order valence-corrected chi connectivity index (χ0v) is 10.4. The van der Waals surface area contributed by atoms with Crippen molar-refractivity contribution in [3.05, 3.63) is 40.7 Å². The van der Waals surface area contributed by atoms with Crippen LogP contribution in [-0.2, 0) is 6.54 Å². The highest BCUT2D eigenvalue weighted by Gasteiger charge is 2.11. The Hall–Kier alpha value is -2.08. The lowest BCUT2D eigenvalue weighted by Crippen LogP contribution is -2.23. The van der Waals surface area contributed by atoms with E-state index in [9.17, 15) is 4.79 Å². The number of aromatic amines is 1. The van der Waals surface area contributed by atoms with E-state index in [1.807, 2.05) is 0 Å². The van der Waals surface area contributed by atoms with Crippen LogP contribution in [0.15, 0.2) is 24.4 Å². The fraction of sp³-hybridized carbons (Fsp3) is 0.182. The van der Waals surface area contributed by atoms with Crippen LogP contribution in [-0.4, -0.2) is 28.4 Å². The van der Waals surface area contributed by atoms with Gasteiger partial charge >= 0.3 is 0 Å². The first-order valence-electron chi connectivity index (χ1n) is 5.17. The number of aromatic nitrogens is 3. The summed E-state index contributed by atoms with van der Waals surface area (Å²) in [5.74, 6) is 0.300. The third-order valence-corrected chi connectivity index (χ3v) is 2.72. The SMILES string of the molecule is COc1cccc(Cl)c1CNC(=O)c1cn[nH]n1. The lowest BCUT2D eigenvalue weighted by atomic mass is 10.2. The van der Waals surface area contributed by atoms with Crippen LogP contribution in [0.3, 0.4) is 0 Å². The fourth-order valence-corrected chi connectivity index (χ4v) is 1.70. The van der Waals surface area contributed by atoms with Crippen LogP contribution >= 0.6 is 11.6 Å². The number of H-pyrrole nitrogens is 1. The molecule has 0 atom stereocenters. The zero-order chi connectivity index (χ0) is 13.0. The van der Waals surface area contributed by atoms with Gasteiger partial charge in [-0.25, -0.2) is 0 Å². The molecule has 0 aliphatic heterocycles. The number of hydrogen-bond acceptors (Lipinski definition) is 4. The minimum Gasteiger partial charge on any atom is -0.496 e. The molecular formula is C11H11ClN4O2. The maximum Gasteiger partial charge on any atom is 0.273 e. The van der Waals surface area contributed by atoms with Crippen molar-refractivity contribution in [1.29, 1.82) is 0 Å². The van der Waals surface area contributed by atoms with E-state index in [2.05, 4.69) is 20.7 Å². The van der Waals surface area contributed by atoms with Gasteiger partial charge in [0.05, 0.1) is 13.3 Å². The third-order valence-electron chi connectivity index (χ3n) is 2.37. The van der Waals surface area contributed by atoms with Crippen molar-refractivity contribution in [3.63, 3.8) is 0 Å². The average Bonchev–Trinajstić information content (AvgIpc) is 2.90. The number of ether oxygens (including phenoxy) is 1. The maximum absolute atomic E-state index is 11.7. The maximum atomic E-state index is 11.7. The van der Waals surface area contributed by atoms with E-state index in [4.69, 9.17) is 16.3 Å². The number of halogens is 1. The highest BCUT2D eigenvalue weighted by molar-refractivity contribution is 6.31. The highest BCUT2D eigenvalue weighted by Crippen LogP contribution is 2.25. The number of carbonyl (C=O) groups is 1. The summed E-state index contributed by atoms with van der Waals surface area (Å²) < 4.78 is 5.18. The summed E-state index contributed by atoms with van der Waals surface area (Å²) in [7, 11) is 1.55. The van der Waals surface area contributed by atoms with Crippen LogP contribution < -0.4 is 10.1 Å². The van der Waals surface area contributed by atoms with E-state index >= 15 is 0 Å². The molecule has 0 aliphatic rings. The smallest absolute Gasteiger partial charge is 0.273 e. The summed E-state index contributed by atoms with van der Waals surface area (Å²) in [5, 5.41) is 12.8. The van der Waals surface area contributed by atoms with Crippen molar-refractivity contribution >= 4 is 17.5 Å². The molecule has 6 nitrogen and oxygen atoms in total. The topological polar surface area (TPSA) is 79.9 Å². The van der Waals surface area contributed by atoms with Gasteiger partial charge in [0.2, 0.25) is 0 Å². The second-order valence-corrected chi connectivity index (χ2v) is 3.87. The Kier molecular flexibility index (Phi) is 3.78. The molecule has 0 radical (unpaired) electrons. The van der Waals surface area contributed by atoms with E-state index in [0.29, 0.717) is 10.8 Å². The molecule has 0 saturated heterocycles. The number of benzene rings is 1. The van der Waals surface area contributed by atoms with Gasteiger partial charge in [0.1, 0.15) is 5.75 Å². The molecule has 0 saturated carbocycles. The normalized spacial score (nSPS) is 10.1. The molecule has 94 valence electrons. The van der Waals surface area contributed by atoms with Crippen LogP contribution in [0.1, 0.15) is 16.1 Å². The molecule has 7 heteroatoms. The first-order chi connectivity index (χ1) is 8.72. The van der Waals surface area contributed by atoms with E-state index in [1.54, 1.807) is 25.3 Å². The lowest BCUT2D eigenvalue weighted by Gasteiger charge is -2.10. The van der Waals surface area contributed by atoms with Crippen molar-refractivity contribution in [2.45, 2.75) is 6.54 Å². The van der Waals surface area contributed by atoms with Crippen LogP contribution in [0.5, 0.6) is 5.75 Å². The van der Waals surface area contributed by atoms with Gasteiger partial charge in [-0.2, -0.15) is 15.4 Å². The molecule has 18 heavy (non-hydrogen) atoms. The monoisotopic (exact) mass is 266 g/mol. The average molecular weight is 267 g/mol. The van der Waals surface area contributed by atoms with Crippen LogP contribution in [0.2, 0.25) is 5.02 Å². The molecule has 2 rings (SSSR count). The van der Waals surface area contributed by atoms with Crippen molar-refractivity contribution in [2.75, 3.05) is 7.11 Å². The molecule has 0 unspecified atom stereocenters. The number of carbonyl (C=O) groups excluding carboxylic acids is 1. The predicted octanol–water partition coefficient (Wildman–Crippen LogP) is 1.40. The standard InChI is InChI=1S/C11H11ClN4O2/c1-18-10-4-2-3-8(12)7(10)5-13-11(17)9-6-14-16-15-9/h2-4,6H,5H2,1H3,(H,13,17)(H,14,15,16). The van der Waals surface area contributed by atoms with E-state index in [0.717, 1.165) is 5.56 Å². The minimum absolute atomic E-state index is 0.223. The zero-order valence-electron chi connectivity index (χ0n) is 9.61. The Balaban J connectivity index is 2.09. The summed E-state index contributed by atoms with van der Waals surface area (Å²) in [6.45, 7) is 0.258. The van der Waals surface area contributed by atoms with Gasteiger partial charge in [-0.05, 0) is 12.1 Å². The van der Waals surface area contributed by atoms with Gasteiger partial charge in [-0.15, -0.1) is 0 Å². The van der Waals surface area contributed by atoms with E-state index < -0.39 is 0 Å². The third kappa shape index (κ3) is 2.60. The quantitative estimate of drug-likeness (QED) is 0.877. The summed E-state index contributed by atoms with van der Waals surface area (Å²) in [6, 6.07) is 5.30. The summed E-state index contributed by atoms with van der Waals surface area (Å²) in [5.41, 5.74) is 0.944. The number of nitrogens with one attached hydrogen (secondary N) is 2. The van der Waals surface area contributed by atoms with Gasteiger partial charge in [0.15, 0.2) is 5.69 Å². The first kappa shape index (κ1) is 12.4. The summed E-state index contributed by atoms with van der Waals surface area (Å²) in [6.07, 6.45) is 1.35. The van der Waals surface area contributed by atoms with Gasteiger partial charge in [0.25, 0.3) is 5.91 Å². The summed E-state index contributed by atoms with van der Waals surface area (Å²) >= 11 is 6.05. The Labute approximate surface area is 108 Å². The fourth-order valence-electron chi connectivity index (χ4n) is 1.47. The number of hydrogen-bond donors (Lipinski definition) is 2. The first-order valence-corrected chi connectivity index (χ1v) is 5.55. The number of nitrogens with zero attached hydrogens (tertiary/aromatic N) is 2. The number of rotatable bonds is 4. The predicted molar refractivity (Wildman–Crippen MR) is 65.6 cm³/mol. The van der Waals surface area contributed by atoms with Crippen molar-refractivity contribution < 1.29 is 9.53 Å². The van der Waals surface area contributed by atoms with Crippen molar-refractivity contribution in [3.8, 4) is 5.75 Å². The molecular weight excluding hydrogens is 256 g/mol. The van der Waals surface area contributed by atoms with Crippen LogP contribution in [0.4, 0.5) is 0 Å². The molecule has 1 aromatic heterocycles. The molecule has 0 aliphatic carbocycles. The molecule has 1 aromatic carbocycles. The van der Waals surface area contributed by atoms with Crippen LogP contribution in [0.25, 0.3) is 0 Å². The lowest BCUT2D eigenvalue weighted by molar-refractivity contribution is 0.0945. The molecule has 1 amide bonds. The Morgan fingerprint density at radius 2 is 2.39 bits per heavy atom. The molecule has 2 N–H and O–H groups in total. The van der Waals surface area contributed by atoms with Crippen molar-refractivity contribution in [1.82, 2.24) is 20.7 Å². The molecule has 1 heterocycles. The molecule has 0 spiro atoms. The molecule has 0 fully saturated rings. The van der Waals surface area contributed by atoms with Crippen LogP contribution in [0, 0.1) is 0 Å². The van der Waals surface area contributed by atoms with Gasteiger partial charge in [0, 0.05) is 17.1 Å². The van der Waals surface area contributed by atoms with Gasteiger partial charge < -0.3 is 10.1 Å². The summed E-state index contributed by atoms with van der Waals surface area (Å²) in [4.78, 5) is 11.7. The number of amides is 1. The largest absolute Gasteiger partial charge is 0.496 e. The Morgan fingerprint density at radius 3 is 3.06 bits per heavy atom. The Morgan fingerprint density at radius 1 is 1.56 bits per heavy atom. The van der Waals surface area contributed by atoms with Gasteiger partial charge in [-0.3, -0.25) is 4.79 Å². The van der Waals surface area contributed by atoms with Gasteiger partial charge in [-0.1, -0.05) is 17.7 Å². The molecule has 0 bridgehead atoms.